The van der Waals surface area contributed by atoms with Crippen LogP contribution in [0.4, 0.5) is 0 Å². The topological polar surface area (TPSA) is 50.8 Å². The van der Waals surface area contributed by atoms with E-state index in [2.05, 4.69) is 12.2 Å². The van der Waals surface area contributed by atoms with Crippen molar-refractivity contribution in [2.75, 3.05) is 13.7 Å². The molecule has 1 amide bonds. The summed E-state index contributed by atoms with van der Waals surface area (Å²) in [5.74, 6) is 1.44. The fourth-order valence-electron chi connectivity index (χ4n) is 2.94. The van der Waals surface area contributed by atoms with Gasteiger partial charge < -0.3 is 14.8 Å². The molecule has 2 aromatic carbocycles. The summed E-state index contributed by atoms with van der Waals surface area (Å²) >= 11 is 5.30. The Labute approximate surface area is 170 Å². The van der Waals surface area contributed by atoms with Gasteiger partial charge in [-0.05, 0) is 54.5 Å². The summed E-state index contributed by atoms with van der Waals surface area (Å²) in [6.07, 6.45) is 3.74. The van der Waals surface area contributed by atoms with Crippen molar-refractivity contribution in [1.29, 1.82) is 0 Å². The Morgan fingerprint density at radius 3 is 2.68 bits per heavy atom. The largest absolute Gasteiger partial charge is 0.496 e. The molecule has 0 aromatic heterocycles. The summed E-state index contributed by atoms with van der Waals surface area (Å²) in [6.45, 7) is 3.09. The fraction of sp³-hybridized carbons (Fsp3) is 0.273. The first kappa shape index (κ1) is 19.9. The summed E-state index contributed by atoms with van der Waals surface area (Å²) in [6, 6.07) is 15.4. The highest BCUT2D eigenvalue weighted by Crippen LogP contribution is 2.24. The molecule has 0 saturated carbocycles. The number of amides is 1. The lowest BCUT2D eigenvalue weighted by atomic mass is 10.1. The van der Waals surface area contributed by atoms with Crippen LogP contribution in [-0.2, 0) is 11.4 Å². The zero-order valence-electron chi connectivity index (χ0n) is 16.1. The van der Waals surface area contributed by atoms with Gasteiger partial charge in [-0.1, -0.05) is 37.6 Å². The molecule has 1 aliphatic heterocycles. The molecule has 28 heavy (non-hydrogen) atoms. The molecule has 1 saturated heterocycles. The standard InChI is InChI=1S/C22H24N2O3S/c1-3-4-12-24-21(25)19(23-22(24)28)14-16-10-11-20(26-2)17(13-16)15-27-18-8-6-5-7-9-18/h5-11,13-14H,3-4,12,15H2,1-2H3,(H,23,28)/b19-14+. The van der Waals surface area contributed by atoms with Crippen molar-refractivity contribution in [1.82, 2.24) is 10.2 Å². The molecule has 0 unspecified atom stereocenters. The maximum Gasteiger partial charge on any atom is 0.276 e. The van der Waals surface area contributed by atoms with Crippen molar-refractivity contribution in [3.05, 3.63) is 65.4 Å². The first-order valence-electron chi connectivity index (χ1n) is 9.31. The van der Waals surface area contributed by atoms with E-state index in [1.54, 1.807) is 12.0 Å². The summed E-state index contributed by atoms with van der Waals surface area (Å²) in [7, 11) is 1.63. The number of nitrogens with one attached hydrogen (secondary N) is 1. The normalized spacial score (nSPS) is 15.1. The van der Waals surface area contributed by atoms with Gasteiger partial charge in [-0.3, -0.25) is 9.69 Å². The third-order valence-electron chi connectivity index (χ3n) is 4.45. The third-order valence-corrected chi connectivity index (χ3v) is 4.77. The number of ether oxygens (including phenoxy) is 2. The molecule has 3 rings (SSSR count). The molecule has 2 aromatic rings. The van der Waals surface area contributed by atoms with Gasteiger partial charge in [-0.15, -0.1) is 0 Å². The minimum absolute atomic E-state index is 0.0867. The van der Waals surface area contributed by atoms with Crippen molar-refractivity contribution in [3.63, 3.8) is 0 Å². The molecule has 6 heteroatoms. The quantitative estimate of drug-likeness (QED) is 0.537. The minimum Gasteiger partial charge on any atom is -0.496 e. The molecule has 0 atom stereocenters. The van der Waals surface area contributed by atoms with Crippen LogP contribution >= 0.6 is 12.2 Å². The number of rotatable bonds is 8. The Bertz CT molecular complexity index is 881. The number of nitrogens with zero attached hydrogens (tertiary/aromatic N) is 1. The molecule has 1 N–H and O–H groups in total. The van der Waals surface area contributed by atoms with Gasteiger partial charge in [0.25, 0.3) is 5.91 Å². The molecule has 1 heterocycles. The molecule has 146 valence electrons. The van der Waals surface area contributed by atoms with Gasteiger partial charge >= 0.3 is 0 Å². The lowest BCUT2D eigenvalue weighted by Gasteiger charge is -2.12. The van der Waals surface area contributed by atoms with Crippen LogP contribution in [-0.4, -0.2) is 29.6 Å². The van der Waals surface area contributed by atoms with Crippen molar-refractivity contribution in [2.24, 2.45) is 0 Å². The second-order valence-corrected chi connectivity index (χ2v) is 6.86. The Balaban J connectivity index is 1.78. The van der Waals surface area contributed by atoms with E-state index in [1.165, 1.54) is 0 Å². The highest BCUT2D eigenvalue weighted by molar-refractivity contribution is 7.80. The van der Waals surface area contributed by atoms with E-state index in [4.69, 9.17) is 21.7 Å². The van der Waals surface area contributed by atoms with Crippen LogP contribution in [0.2, 0.25) is 0 Å². The lowest BCUT2D eigenvalue weighted by Crippen LogP contribution is -2.31. The smallest absolute Gasteiger partial charge is 0.276 e. The second kappa shape index (κ2) is 9.37. The van der Waals surface area contributed by atoms with E-state index >= 15 is 0 Å². The number of benzene rings is 2. The SMILES string of the molecule is CCCCN1C(=O)/C(=C\c2ccc(OC)c(COc3ccccc3)c2)NC1=S. The van der Waals surface area contributed by atoms with Crippen molar-refractivity contribution >= 4 is 29.3 Å². The van der Waals surface area contributed by atoms with Gasteiger partial charge in [0.2, 0.25) is 0 Å². The maximum absolute atomic E-state index is 12.6. The molecular weight excluding hydrogens is 372 g/mol. The van der Waals surface area contributed by atoms with Crippen LogP contribution in [0.15, 0.2) is 54.2 Å². The third kappa shape index (κ3) is 4.70. The first-order chi connectivity index (χ1) is 13.6. The van der Waals surface area contributed by atoms with Gasteiger partial charge in [-0.25, -0.2) is 0 Å². The number of unbranched alkanes of at least 4 members (excludes halogenated alkanes) is 1. The minimum atomic E-state index is -0.0867. The van der Waals surface area contributed by atoms with Gasteiger partial charge in [0.15, 0.2) is 5.11 Å². The molecule has 0 spiro atoms. The molecule has 0 aliphatic carbocycles. The lowest BCUT2D eigenvalue weighted by molar-refractivity contribution is -0.122. The van der Waals surface area contributed by atoms with E-state index in [0.717, 1.165) is 35.5 Å². The number of hydrogen-bond donors (Lipinski definition) is 1. The van der Waals surface area contributed by atoms with Gasteiger partial charge in [-0.2, -0.15) is 0 Å². The van der Waals surface area contributed by atoms with Crippen LogP contribution in [0.1, 0.15) is 30.9 Å². The van der Waals surface area contributed by atoms with Crippen molar-refractivity contribution in [2.45, 2.75) is 26.4 Å². The number of thiocarbonyl (C=S) groups is 1. The van der Waals surface area contributed by atoms with Crippen LogP contribution in [0.3, 0.4) is 0 Å². The van der Waals surface area contributed by atoms with E-state index in [1.807, 2.05) is 54.6 Å². The number of para-hydroxylation sites is 1. The van der Waals surface area contributed by atoms with Crippen LogP contribution < -0.4 is 14.8 Å². The Hall–Kier alpha value is -2.86. The summed E-state index contributed by atoms with van der Waals surface area (Å²) in [5.41, 5.74) is 2.27. The Morgan fingerprint density at radius 2 is 1.96 bits per heavy atom. The molecule has 1 fully saturated rings. The van der Waals surface area contributed by atoms with Crippen molar-refractivity contribution in [3.8, 4) is 11.5 Å². The molecule has 1 aliphatic rings. The number of methoxy groups -OCH3 is 1. The summed E-state index contributed by atoms with van der Waals surface area (Å²) in [5, 5.41) is 3.49. The first-order valence-corrected chi connectivity index (χ1v) is 9.72. The Morgan fingerprint density at radius 1 is 1.18 bits per heavy atom. The van der Waals surface area contributed by atoms with Crippen molar-refractivity contribution < 1.29 is 14.3 Å². The second-order valence-electron chi connectivity index (χ2n) is 6.47. The van der Waals surface area contributed by atoms with Gasteiger partial charge in [0, 0.05) is 12.1 Å². The maximum atomic E-state index is 12.6. The molecule has 0 bridgehead atoms. The van der Waals surface area contributed by atoms with Gasteiger partial charge in [0.1, 0.15) is 23.8 Å². The fourth-order valence-corrected chi connectivity index (χ4v) is 3.22. The number of carbonyl (C=O) groups excluding carboxylic acids is 1. The summed E-state index contributed by atoms with van der Waals surface area (Å²) < 4.78 is 11.3. The van der Waals surface area contributed by atoms with E-state index < -0.39 is 0 Å². The summed E-state index contributed by atoms with van der Waals surface area (Å²) in [4.78, 5) is 14.2. The van der Waals surface area contributed by atoms with Crippen LogP contribution in [0.5, 0.6) is 11.5 Å². The van der Waals surface area contributed by atoms with Crippen LogP contribution in [0, 0.1) is 0 Å². The number of carbonyl (C=O) groups is 1. The van der Waals surface area contributed by atoms with E-state index in [0.29, 0.717) is 24.0 Å². The monoisotopic (exact) mass is 396 g/mol. The zero-order valence-corrected chi connectivity index (χ0v) is 16.9. The molecular formula is C22H24N2O3S. The van der Waals surface area contributed by atoms with Gasteiger partial charge in [0.05, 0.1) is 7.11 Å². The number of hydrogen-bond acceptors (Lipinski definition) is 4. The highest BCUT2D eigenvalue weighted by atomic mass is 32.1. The Kier molecular flexibility index (Phi) is 6.66. The molecule has 5 nitrogen and oxygen atoms in total. The van der Waals surface area contributed by atoms with Crippen LogP contribution in [0.25, 0.3) is 6.08 Å². The average molecular weight is 397 g/mol. The molecule has 0 radical (unpaired) electrons. The predicted octanol–water partition coefficient (Wildman–Crippen LogP) is 4.13. The average Bonchev–Trinajstić information content (AvgIpc) is 2.98. The highest BCUT2D eigenvalue weighted by Gasteiger charge is 2.29. The van der Waals surface area contributed by atoms with E-state index in [-0.39, 0.29) is 5.91 Å². The zero-order chi connectivity index (χ0) is 19.9. The predicted molar refractivity (Wildman–Crippen MR) is 114 cm³/mol. The van der Waals surface area contributed by atoms with E-state index in [9.17, 15) is 4.79 Å².